The SMILES string of the molecule is CC(C)C[C@H](NC(=O)[C@@H]1CCCN1C(=O)[C@H](CO)NC(=O)[C@H](CC1CCCCC1)NC(=O)CNC(=O)[C@@H]1C[C@@H](O)CN1C(=O)[C@@H]1CCCN1C(=O)[C@H](CCCNC(=N)N)NC(=O)[C@@H](N)CCCCN)C(=O)O. The largest absolute Gasteiger partial charge is 0.480 e. The molecule has 0 radical (unpaired) electrons. The molecule has 0 aromatic heterocycles. The number of nitrogens with two attached hydrogens (primary N) is 3. The number of nitrogens with zero attached hydrogens (tertiary/aromatic N) is 3. The van der Waals surface area contributed by atoms with Gasteiger partial charge in [-0.1, -0.05) is 52.4 Å². The van der Waals surface area contributed by atoms with Crippen LogP contribution < -0.4 is 49.1 Å². The van der Waals surface area contributed by atoms with E-state index in [1.54, 1.807) is 0 Å². The Hall–Kier alpha value is -5.66. The molecule has 0 bridgehead atoms. The van der Waals surface area contributed by atoms with E-state index in [9.17, 15) is 58.5 Å². The summed E-state index contributed by atoms with van der Waals surface area (Å²) in [6.07, 6.45) is 6.91. The van der Waals surface area contributed by atoms with Gasteiger partial charge in [0.05, 0.1) is 25.3 Å². The Kier molecular flexibility index (Phi) is 23.8. The molecule has 0 aromatic carbocycles. The molecule has 3 aliphatic heterocycles. The van der Waals surface area contributed by atoms with Crippen LogP contribution in [0.2, 0.25) is 0 Å². The van der Waals surface area contributed by atoms with Gasteiger partial charge in [-0.05, 0) is 82.6 Å². The summed E-state index contributed by atoms with van der Waals surface area (Å²) < 4.78 is 0. The number of carboxylic acid groups (broad SMARTS) is 1. The van der Waals surface area contributed by atoms with Crippen LogP contribution in [0.1, 0.15) is 123 Å². The minimum atomic E-state index is -1.50. The number of rotatable bonds is 27. The third kappa shape index (κ3) is 17.5. The number of carboxylic acids is 1. The number of hydrogen-bond donors (Lipinski definition) is 13. The predicted molar refractivity (Wildman–Crippen MR) is 262 cm³/mol. The number of hydrogen-bond acceptors (Lipinski definition) is 14. The minimum absolute atomic E-state index is 0.0354. The second kappa shape index (κ2) is 29.1. The molecule has 0 spiro atoms. The Morgan fingerprint density at radius 2 is 1.33 bits per heavy atom. The molecule has 406 valence electrons. The highest BCUT2D eigenvalue weighted by Gasteiger charge is 2.46. The van der Waals surface area contributed by atoms with Crippen molar-refractivity contribution in [1.29, 1.82) is 5.41 Å². The Bertz CT molecular complexity index is 1900. The molecule has 0 unspecified atom stereocenters. The fourth-order valence-electron chi connectivity index (χ4n) is 10.1. The second-order valence-electron chi connectivity index (χ2n) is 20.1. The van der Waals surface area contributed by atoms with Gasteiger partial charge in [0.25, 0.3) is 0 Å². The number of guanidine groups is 1. The van der Waals surface area contributed by atoms with Crippen molar-refractivity contribution >= 4 is 59.2 Å². The second-order valence-corrected chi connectivity index (χ2v) is 20.1. The normalized spacial score (nSPS) is 22.3. The van der Waals surface area contributed by atoms with Crippen LogP contribution in [0.3, 0.4) is 0 Å². The lowest BCUT2D eigenvalue weighted by molar-refractivity contribution is -0.148. The van der Waals surface area contributed by atoms with Crippen LogP contribution in [-0.4, -0.2) is 190 Å². The highest BCUT2D eigenvalue weighted by atomic mass is 16.4. The van der Waals surface area contributed by atoms with Crippen molar-refractivity contribution in [3.05, 3.63) is 0 Å². The number of aliphatic hydroxyl groups excluding tert-OH is 2. The summed E-state index contributed by atoms with van der Waals surface area (Å²) in [6.45, 7) is 2.90. The van der Waals surface area contributed by atoms with E-state index in [1.807, 2.05) is 13.8 Å². The first-order valence-electron chi connectivity index (χ1n) is 25.7. The van der Waals surface area contributed by atoms with E-state index in [0.29, 0.717) is 45.1 Å². The van der Waals surface area contributed by atoms with Crippen LogP contribution in [-0.2, 0) is 43.2 Å². The van der Waals surface area contributed by atoms with E-state index in [-0.39, 0.29) is 82.5 Å². The van der Waals surface area contributed by atoms with Crippen LogP contribution in [0.4, 0.5) is 0 Å². The Labute approximate surface area is 421 Å². The van der Waals surface area contributed by atoms with Gasteiger partial charge in [-0.3, -0.25) is 43.8 Å². The number of amides is 8. The number of unbranched alkanes of at least 4 members (excludes halogenated alkanes) is 1. The molecule has 4 fully saturated rings. The van der Waals surface area contributed by atoms with E-state index in [4.69, 9.17) is 22.6 Å². The van der Waals surface area contributed by atoms with Crippen LogP contribution in [0.5, 0.6) is 0 Å². The third-order valence-corrected chi connectivity index (χ3v) is 13.9. The number of likely N-dealkylation sites (tertiary alicyclic amines) is 3. The summed E-state index contributed by atoms with van der Waals surface area (Å²) >= 11 is 0. The van der Waals surface area contributed by atoms with Crippen LogP contribution in [0.25, 0.3) is 0 Å². The van der Waals surface area contributed by atoms with Gasteiger partial charge in [0.2, 0.25) is 47.3 Å². The third-order valence-electron chi connectivity index (χ3n) is 13.9. The minimum Gasteiger partial charge on any atom is -0.480 e. The molecule has 25 heteroatoms. The Balaban J connectivity index is 1.41. The van der Waals surface area contributed by atoms with Gasteiger partial charge in [0.1, 0.15) is 42.3 Å². The first-order chi connectivity index (χ1) is 34.2. The Morgan fingerprint density at radius 3 is 1.96 bits per heavy atom. The number of β-amino-alcohol motifs (C(OH)–C–C–N with tert-alkyl or cyclic N) is 1. The first-order valence-corrected chi connectivity index (χ1v) is 25.7. The van der Waals surface area contributed by atoms with Gasteiger partial charge in [-0.15, -0.1) is 0 Å². The van der Waals surface area contributed by atoms with Crippen LogP contribution in [0, 0.1) is 17.2 Å². The molecule has 72 heavy (non-hydrogen) atoms. The van der Waals surface area contributed by atoms with E-state index in [0.717, 1.165) is 32.1 Å². The number of aliphatic hydroxyl groups is 2. The standard InChI is InChI=1S/C47H81N13O12/c1-27(2)21-33(46(71)72)56-42(67)35-15-9-19-58(35)44(69)34(26-61)57-40(65)32(22-28-11-4-3-5-12-28)54-38(63)24-53-41(66)37-23-29(62)25-60(37)45(70)36-16-10-20-59(36)43(68)31(14-8-18-52-47(50)51)55-39(64)30(49)13-6-7-17-48/h27-37,61-62H,3-26,48-49H2,1-2H3,(H,53,66)(H,54,63)(H,55,64)(H,56,67)(H,57,65)(H,71,72)(H4,50,51,52)/t29-,30+,31+,32+,33+,34+,35+,36+,37+/m1/s1. The van der Waals surface area contributed by atoms with Crippen molar-refractivity contribution in [1.82, 2.24) is 46.6 Å². The topological polar surface area (TPSA) is 398 Å². The maximum Gasteiger partial charge on any atom is 0.326 e. The highest BCUT2D eigenvalue weighted by molar-refractivity contribution is 5.98. The summed E-state index contributed by atoms with van der Waals surface area (Å²) in [6, 6.07) is -9.15. The molecule has 9 atom stereocenters. The smallest absolute Gasteiger partial charge is 0.326 e. The molecule has 1 saturated carbocycles. The maximum atomic E-state index is 14.3. The van der Waals surface area contributed by atoms with Crippen LogP contribution >= 0.6 is 0 Å². The number of aliphatic carboxylic acids is 1. The maximum absolute atomic E-state index is 14.3. The van der Waals surface area contributed by atoms with Crippen molar-refractivity contribution in [2.75, 3.05) is 45.9 Å². The zero-order valence-electron chi connectivity index (χ0n) is 41.9. The fourth-order valence-corrected chi connectivity index (χ4v) is 10.1. The molecule has 0 aromatic rings. The predicted octanol–water partition coefficient (Wildman–Crippen LogP) is -3.20. The number of nitrogens with one attached hydrogen (secondary N) is 7. The lowest BCUT2D eigenvalue weighted by atomic mass is 9.84. The highest BCUT2D eigenvalue weighted by Crippen LogP contribution is 2.29. The molecule has 4 rings (SSSR count). The molecule has 3 saturated heterocycles. The van der Waals surface area contributed by atoms with Crippen molar-refractivity contribution in [3.63, 3.8) is 0 Å². The average Bonchev–Trinajstić information content (AvgIpc) is 4.13. The molecule has 8 amide bonds. The molecule has 3 heterocycles. The van der Waals surface area contributed by atoms with E-state index in [2.05, 4.69) is 31.9 Å². The molecule has 16 N–H and O–H groups in total. The zero-order chi connectivity index (χ0) is 53.1. The molecule has 4 aliphatic rings. The number of carbonyl (C=O) groups excluding carboxylic acids is 8. The average molecular weight is 1020 g/mol. The van der Waals surface area contributed by atoms with Gasteiger partial charge in [-0.2, -0.15) is 0 Å². The summed E-state index contributed by atoms with van der Waals surface area (Å²) in [4.78, 5) is 126. The zero-order valence-corrected chi connectivity index (χ0v) is 41.9. The monoisotopic (exact) mass is 1020 g/mol. The van der Waals surface area contributed by atoms with Gasteiger partial charge in [0, 0.05) is 32.6 Å². The number of carbonyl (C=O) groups is 9. The molecular formula is C47H81N13O12. The van der Waals surface area contributed by atoms with E-state index >= 15 is 0 Å². The summed E-state index contributed by atoms with van der Waals surface area (Å²) in [5, 5.41) is 53.9. The molecule has 1 aliphatic carbocycles. The lowest BCUT2D eigenvalue weighted by Gasteiger charge is -2.33. The van der Waals surface area contributed by atoms with Crippen molar-refractivity contribution < 1.29 is 58.5 Å². The lowest BCUT2D eigenvalue weighted by Crippen LogP contribution is -2.59. The van der Waals surface area contributed by atoms with Crippen molar-refractivity contribution in [2.24, 2.45) is 29.0 Å². The molecule has 25 nitrogen and oxygen atoms in total. The van der Waals surface area contributed by atoms with Gasteiger partial charge < -0.3 is 79.1 Å². The van der Waals surface area contributed by atoms with E-state index < -0.39 is 121 Å². The van der Waals surface area contributed by atoms with Gasteiger partial charge in [0.15, 0.2) is 5.96 Å². The quantitative estimate of drug-likeness (QED) is 0.0219. The van der Waals surface area contributed by atoms with E-state index in [1.165, 1.54) is 14.7 Å². The summed E-state index contributed by atoms with van der Waals surface area (Å²) in [5.41, 5.74) is 17.1. The van der Waals surface area contributed by atoms with Gasteiger partial charge in [-0.25, -0.2) is 4.79 Å². The summed E-state index contributed by atoms with van der Waals surface area (Å²) in [7, 11) is 0. The first kappa shape index (κ1) is 58.9. The van der Waals surface area contributed by atoms with Crippen LogP contribution in [0.15, 0.2) is 0 Å². The fraction of sp³-hybridized carbons (Fsp3) is 0.787. The Morgan fingerprint density at radius 1 is 0.694 bits per heavy atom. The van der Waals surface area contributed by atoms with Crippen molar-refractivity contribution in [2.45, 2.75) is 177 Å². The molecular weight excluding hydrogens is 939 g/mol. The van der Waals surface area contributed by atoms with Crippen molar-refractivity contribution in [3.8, 4) is 0 Å². The van der Waals surface area contributed by atoms with Gasteiger partial charge >= 0.3 is 5.97 Å². The summed E-state index contributed by atoms with van der Waals surface area (Å²) in [5.74, 6) is -6.89.